The van der Waals surface area contributed by atoms with Crippen LogP contribution in [0.3, 0.4) is 0 Å². The van der Waals surface area contributed by atoms with E-state index in [-0.39, 0.29) is 0 Å². The van der Waals surface area contributed by atoms with Crippen LogP contribution in [0.25, 0.3) is 97.4 Å². The van der Waals surface area contributed by atoms with Crippen LogP contribution in [0.15, 0.2) is 171 Å². The van der Waals surface area contributed by atoms with Gasteiger partial charge in [-0.15, -0.1) is 0 Å². The molecule has 4 aromatic carbocycles. The predicted molar refractivity (Wildman–Crippen MR) is 217 cm³/mol. The Labute approximate surface area is 312 Å². The Bertz CT molecular complexity index is 2800. The normalized spacial score (nSPS) is 11.1. The molecule has 256 valence electrons. The number of benzene rings is 4. The van der Waals surface area contributed by atoms with Crippen LogP contribution in [0.5, 0.6) is 0 Å². The van der Waals surface area contributed by atoms with Gasteiger partial charge >= 0.3 is 0 Å². The summed E-state index contributed by atoms with van der Waals surface area (Å²) >= 11 is 0. The minimum atomic E-state index is 0.442. The van der Waals surface area contributed by atoms with Gasteiger partial charge in [-0.25, -0.2) is 29.9 Å². The van der Waals surface area contributed by atoms with E-state index in [0.717, 1.165) is 50.5 Å². The van der Waals surface area contributed by atoms with E-state index in [4.69, 9.17) is 29.9 Å². The van der Waals surface area contributed by atoms with E-state index in [1.54, 1.807) is 12.3 Å². The lowest BCUT2D eigenvalue weighted by atomic mass is 10.0. The number of rotatable bonds is 9. The molecule has 0 fully saturated rings. The summed E-state index contributed by atoms with van der Waals surface area (Å²) in [6.07, 6.45) is 5.51. The van der Waals surface area contributed by atoms with Crippen molar-refractivity contribution in [2.45, 2.75) is 0 Å². The van der Waals surface area contributed by atoms with Crippen LogP contribution in [0, 0.1) is 0 Å². The summed E-state index contributed by atoms with van der Waals surface area (Å²) in [5.74, 6) is 2.17. The first-order valence-electron chi connectivity index (χ1n) is 17.5. The second-order valence-corrected chi connectivity index (χ2v) is 12.6. The van der Waals surface area contributed by atoms with Gasteiger partial charge in [0.05, 0.1) is 22.8 Å². The molecule has 5 aromatic heterocycles. The third-order valence-electron chi connectivity index (χ3n) is 9.21. The van der Waals surface area contributed by atoms with Gasteiger partial charge in [-0.3, -0.25) is 8.97 Å². The molecule has 5 heterocycles. The monoisotopic (exact) mass is 696 g/mol. The van der Waals surface area contributed by atoms with E-state index in [9.17, 15) is 0 Å². The van der Waals surface area contributed by atoms with Gasteiger partial charge in [-0.2, -0.15) is 0 Å². The van der Waals surface area contributed by atoms with Crippen molar-refractivity contribution in [2.75, 3.05) is 0 Å². The fourth-order valence-corrected chi connectivity index (χ4v) is 6.73. The van der Waals surface area contributed by atoms with Crippen LogP contribution >= 0.6 is 0 Å². The fourth-order valence-electron chi connectivity index (χ4n) is 6.73. The number of imidazole rings is 2. The standard InChI is InChI=1S/C46H32N8/c1-3-38-48-41(43(53(38)4-2)32-20-10-6-11-21-32)36-26-17-27-37(47-36)46-51-44(33-22-12-7-13-23-33)50-45(52-46)35-25-16-24-34(30-35)40-42(31-18-8-5-9-19-31)54-29-15-14-28-39(54)49-40/h3-30H,1-2H2. The topological polar surface area (TPSA) is 86.7 Å². The summed E-state index contributed by atoms with van der Waals surface area (Å²) < 4.78 is 4.06. The largest absolute Gasteiger partial charge is 0.300 e. The molecule has 0 amide bonds. The smallest absolute Gasteiger partial charge is 0.182 e. The summed E-state index contributed by atoms with van der Waals surface area (Å²) in [6.45, 7) is 8.05. The van der Waals surface area contributed by atoms with Crippen LogP contribution in [0.2, 0.25) is 0 Å². The first kappa shape index (κ1) is 32.3. The number of nitrogens with zero attached hydrogens (tertiary/aromatic N) is 8. The highest BCUT2D eigenvalue weighted by molar-refractivity contribution is 5.84. The highest BCUT2D eigenvalue weighted by Gasteiger charge is 2.21. The molecule has 8 heteroatoms. The van der Waals surface area contributed by atoms with Crippen molar-refractivity contribution in [3.05, 3.63) is 177 Å². The summed E-state index contributed by atoms with van der Waals surface area (Å²) in [5, 5.41) is 0. The molecular weight excluding hydrogens is 665 g/mol. The molecule has 0 saturated carbocycles. The fraction of sp³-hybridized carbons (Fsp3) is 0. The van der Waals surface area contributed by atoms with E-state index in [2.05, 4.69) is 41.8 Å². The Morgan fingerprint density at radius 2 is 1.00 bits per heavy atom. The maximum absolute atomic E-state index is 5.12. The molecule has 9 rings (SSSR count). The molecule has 0 spiro atoms. The van der Waals surface area contributed by atoms with E-state index in [1.165, 1.54) is 0 Å². The van der Waals surface area contributed by atoms with Gasteiger partial charge in [-0.1, -0.05) is 134 Å². The van der Waals surface area contributed by atoms with Crippen molar-refractivity contribution in [1.29, 1.82) is 0 Å². The third kappa shape index (κ3) is 5.87. The van der Waals surface area contributed by atoms with Crippen molar-refractivity contribution in [3.63, 3.8) is 0 Å². The number of fused-ring (bicyclic) bond motifs is 1. The first-order valence-corrected chi connectivity index (χ1v) is 17.5. The molecule has 0 atom stereocenters. The molecular formula is C46H32N8. The predicted octanol–water partition coefficient (Wildman–Crippen LogP) is 10.5. The van der Waals surface area contributed by atoms with Gasteiger partial charge < -0.3 is 0 Å². The van der Waals surface area contributed by atoms with Crippen LogP contribution in [0.1, 0.15) is 5.82 Å². The van der Waals surface area contributed by atoms with Gasteiger partial charge in [-0.05, 0) is 36.4 Å². The van der Waals surface area contributed by atoms with Gasteiger partial charge in [0.1, 0.15) is 22.9 Å². The van der Waals surface area contributed by atoms with Crippen LogP contribution in [-0.4, -0.2) is 38.9 Å². The van der Waals surface area contributed by atoms with Crippen molar-refractivity contribution in [3.8, 4) is 79.5 Å². The van der Waals surface area contributed by atoms with Crippen molar-refractivity contribution in [1.82, 2.24) is 38.9 Å². The lowest BCUT2D eigenvalue weighted by Crippen LogP contribution is -2.02. The maximum atomic E-state index is 5.12. The quantitative estimate of drug-likeness (QED) is 0.149. The summed E-state index contributed by atoms with van der Waals surface area (Å²) in [4.78, 5) is 30.2. The van der Waals surface area contributed by atoms with E-state index in [0.29, 0.717) is 40.4 Å². The molecule has 0 aliphatic carbocycles. The molecule has 0 radical (unpaired) electrons. The Hall–Kier alpha value is -7.58. The molecule has 0 bridgehead atoms. The Balaban J connectivity index is 1.20. The molecule has 0 unspecified atom stereocenters. The number of hydrogen-bond donors (Lipinski definition) is 0. The highest BCUT2D eigenvalue weighted by atomic mass is 15.1. The number of pyridine rings is 2. The molecule has 0 saturated heterocycles. The first-order chi connectivity index (χ1) is 26.7. The third-order valence-corrected chi connectivity index (χ3v) is 9.21. The van der Waals surface area contributed by atoms with Crippen molar-refractivity contribution < 1.29 is 0 Å². The second-order valence-electron chi connectivity index (χ2n) is 12.6. The summed E-state index contributed by atoms with van der Waals surface area (Å²) in [7, 11) is 0. The van der Waals surface area contributed by atoms with E-state index in [1.807, 2.05) is 138 Å². The van der Waals surface area contributed by atoms with Crippen molar-refractivity contribution >= 4 is 17.9 Å². The van der Waals surface area contributed by atoms with Crippen molar-refractivity contribution in [2.24, 2.45) is 0 Å². The maximum Gasteiger partial charge on any atom is 0.182 e. The molecule has 8 nitrogen and oxygen atoms in total. The Kier molecular flexibility index (Phi) is 8.30. The average Bonchev–Trinajstić information content (AvgIpc) is 3.84. The Morgan fingerprint density at radius 1 is 0.426 bits per heavy atom. The molecule has 9 aromatic rings. The van der Waals surface area contributed by atoms with E-state index >= 15 is 0 Å². The summed E-state index contributed by atoms with van der Waals surface area (Å²) in [5.41, 5.74) is 10.3. The van der Waals surface area contributed by atoms with Gasteiger partial charge in [0.25, 0.3) is 0 Å². The average molecular weight is 697 g/mol. The number of hydrogen-bond acceptors (Lipinski definition) is 6. The Morgan fingerprint density at radius 3 is 1.70 bits per heavy atom. The zero-order valence-electron chi connectivity index (χ0n) is 29.2. The molecule has 0 aliphatic rings. The summed E-state index contributed by atoms with van der Waals surface area (Å²) in [6, 6.07) is 50.4. The van der Waals surface area contributed by atoms with Crippen LogP contribution in [0.4, 0.5) is 0 Å². The van der Waals surface area contributed by atoms with Gasteiger partial charge in [0.2, 0.25) is 0 Å². The minimum Gasteiger partial charge on any atom is -0.300 e. The SMILES string of the molecule is C=Cc1nc(-c2cccc(-c3nc(-c4ccccc4)nc(-c4cccc(-c5nc6ccccn6c5-c5ccccc5)c4)n3)n2)c(-c2ccccc2)n1C=C. The highest BCUT2D eigenvalue weighted by Crippen LogP contribution is 2.36. The zero-order chi connectivity index (χ0) is 36.4. The van der Waals surface area contributed by atoms with Crippen LogP contribution in [-0.2, 0) is 0 Å². The van der Waals surface area contributed by atoms with Crippen LogP contribution < -0.4 is 0 Å². The lowest BCUT2D eigenvalue weighted by molar-refractivity contribution is 1.06. The number of aromatic nitrogens is 8. The molecule has 54 heavy (non-hydrogen) atoms. The van der Waals surface area contributed by atoms with E-state index < -0.39 is 0 Å². The molecule has 0 N–H and O–H groups in total. The zero-order valence-corrected chi connectivity index (χ0v) is 29.2. The lowest BCUT2D eigenvalue weighted by Gasteiger charge is -2.11. The minimum absolute atomic E-state index is 0.442. The second kappa shape index (κ2) is 13.9. The van der Waals surface area contributed by atoms with Gasteiger partial charge in [0.15, 0.2) is 17.5 Å². The molecule has 0 aliphatic heterocycles. The van der Waals surface area contributed by atoms with Gasteiger partial charge in [0, 0.05) is 40.2 Å².